The summed E-state index contributed by atoms with van der Waals surface area (Å²) in [5.74, 6) is 1.56. The van der Waals surface area contributed by atoms with Gasteiger partial charge < -0.3 is 19.6 Å². The predicted molar refractivity (Wildman–Crippen MR) is 212 cm³/mol. The second-order valence-corrected chi connectivity index (χ2v) is 20.9. The van der Waals surface area contributed by atoms with Crippen LogP contribution in [0.5, 0.6) is 5.75 Å². The number of ether oxygens (including phenoxy) is 2. The van der Waals surface area contributed by atoms with Gasteiger partial charge in [-0.05, 0) is 144 Å². The van der Waals surface area contributed by atoms with Crippen molar-refractivity contribution in [1.82, 2.24) is 9.97 Å². The number of carboxylic acids is 1. The van der Waals surface area contributed by atoms with Crippen LogP contribution in [-0.2, 0) is 24.5 Å². The Morgan fingerprint density at radius 1 is 0.855 bits per heavy atom. The lowest BCUT2D eigenvalue weighted by Crippen LogP contribution is -2.66. The highest BCUT2D eigenvalue weighted by Gasteiger charge is 2.71. The standard InChI is InChI=1S/C47H64N2O6/c1-26(2)37-33(50)24-47(41-48-25-32(49-41)27-11-13-28(54-10)14-12-27)22-21-45(8)29(38(37)47)15-16-35-44(7)19-18-36(43(5,6)34(44)17-20-46(35,45)9)55-40(53)31-23-30(39(51)52)42(31,3)4/h11-14,25-26,29-31,34-36H,15-24H2,1-10H3,(H,48,49)(H,51,52)/t29-,30+,31-,34+,35-,36+,44+,45-,46-,47-/m1/s1. The van der Waals surface area contributed by atoms with Gasteiger partial charge in [0.15, 0.2) is 5.78 Å². The lowest BCUT2D eigenvalue weighted by molar-refractivity contribution is -0.235. The molecule has 8 rings (SSSR count). The highest BCUT2D eigenvalue weighted by molar-refractivity contribution is 6.01. The molecule has 0 bridgehead atoms. The van der Waals surface area contributed by atoms with Gasteiger partial charge in [0, 0.05) is 11.8 Å². The van der Waals surface area contributed by atoms with Gasteiger partial charge in [-0.3, -0.25) is 14.4 Å². The van der Waals surface area contributed by atoms with E-state index < -0.39 is 22.7 Å². The predicted octanol–water partition coefficient (Wildman–Crippen LogP) is 9.98. The van der Waals surface area contributed by atoms with Crippen molar-refractivity contribution in [2.45, 2.75) is 138 Å². The number of carbonyl (C=O) groups excluding carboxylic acids is 2. The molecule has 0 aliphatic heterocycles. The van der Waals surface area contributed by atoms with Crippen LogP contribution in [0.3, 0.4) is 0 Å². The van der Waals surface area contributed by atoms with Crippen LogP contribution in [0.1, 0.15) is 132 Å². The number of H-pyrrole nitrogens is 1. The number of hydrogen-bond donors (Lipinski definition) is 2. The van der Waals surface area contributed by atoms with Crippen molar-refractivity contribution in [3.8, 4) is 17.0 Å². The molecular formula is C47H64N2O6. The van der Waals surface area contributed by atoms with Crippen LogP contribution in [0.2, 0.25) is 0 Å². The fourth-order valence-electron chi connectivity index (χ4n) is 14.5. The average molecular weight is 753 g/mol. The molecule has 8 nitrogen and oxygen atoms in total. The Labute approximate surface area is 328 Å². The van der Waals surface area contributed by atoms with E-state index in [0.29, 0.717) is 36.4 Å². The van der Waals surface area contributed by atoms with Crippen LogP contribution in [-0.4, -0.2) is 46.0 Å². The molecule has 6 aliphatic rings. The molecule has 0 spiro atoms. The number of aliphatic carboxylic acids is 1. The Balaban J connectivity index is 1.08. The number of carbonyl (C=O) groups is 3. The smallest absolute Gasteiger partial charge is 0.309 e. The number of nitrogens with zero attached hydrogens (tertiary/aromatic N) is 1. The Morgan fingerprint density at radius 2 is 1.56 bits per heavy atom. The van der Waals surface area contributed by atoms with Gasteiger partial charge in [-0.15, -0.1) is 0 Å². The number of nitrogens with one attached hydrogen (secondary N) is 1. The van der Waals surface area contributed by atoms with Gasteiger partial charge in [-0.2, -0.15) is 0 Å². The molecule has 0 saturated heterocycles. The van der Waals surface area contributed by atoms with E-state index in [2.05, 4.69) is 65.6 Å². The molecule has 0 unspecified atom stereocenters. The van der Waals surface area contributed by atoms with Gasteiger partial charge in [0.1, 0.15) is 17.7 Å². The van der Waals surface area contributed by atoms with Gasteiger partial charge in [0.25, 0.3) is 0 Å². The molecular weight excluding hydrogens is 689 g/mol. The number of imidazole rings is 1. The van der Waals surface area contributed by atoms with Crippen molar-refractivity contribution in [3.63, 3.8) is 0 Å². The number of benzene rings is 1. The summed E-state index contributed by atoms with van der Waals surface area (Å²) in [6.45, 7) is 20.6. The number of esters is 1. The third-order valence-electron chi connectivity index (χ3n) is 17.9. The Bertz CT molecular complexity index is 1940. The maximum Gasteiger partial charge on any atom is 0.309 e. The van der Waals surface area contributed by atoms with Crippen LogP contribution in [0, 0.1) is 62.6 Å². The third kappa shape index (κ3) is 5.20. The van der Waals surface area contributed by atoms with Crippen LogP contribution >= 0.6 is 0 Å². The van der Waals surface area contributed by atoms with E-state index in [1.807, 2.05) is 32.2 Å². The summed E-state index contributed by atoms with van der Waals surface area (Å²) < 4.78 is 11.8. The zero-order chi connectivity index (χ0) is 39.7. The monoisotopic (exact) mass is 752 g/mol. The molecule has 2 N–H and O–H groups in total. The number of allylic oxidation sites excluding steroid dienone is 2. The highest BCUT2D eigenvalue weighted by atomic mass is 16.5. The van der Waals surface area contributed by atoms with Crippen molar-refractivity contribution in [3.05, 3.63) is 47.4 Å². The molecule has 1 aromatic heterocycles. The van der Waals surface area contributed by atoms with E-state index in [-0.39, 0.29) is 45.6 Å². The van der Waals surface area contributed by atoms with Crippen molar-refractivity contribution >= 4 is 17.7 Å². The minimum atomic E-state index is -0.823. The second-order valence-electron chi connectivity index (χ2n) is 20.9. The molecule has 1 aromatic carbocycles. The number of rotatable bonds is 7. The van der Waals surface area contributed by atoms with Crippen molar-refractivity contribution in [1.29, 1.82) is 0 Å². The number of aromatic nitrogens is 2. The molecule has 8 heteroatoms. The fraction of sp³-hybridized carbons (Fsp3) is 0.702. The van der Waals surface area contributed by atoms with E-state index >= 15 is 0 Å². The first kappa shape index (κ1) is 38.5. The van der Waals surface area contributed by atoms with Crippen LogP contribution < -0.4 is 4.74 Å². The number of methoxy groups -OCH3 is 1. The number of hydrogen-bond acceptors (Lipinski definition) is 6. The lowest BCUT2D eigenvalue weighted by atomic mass is 9.33. The molecule has 0 amide bonds. The lowest BCUT2D eigenvalue weighted by Gasteiger charge is -2.72. The minimum absolute atomic E-state index is 0.0306. The molecule has 5 fully saturated rings. The molecule has 298 valence electrons. The normalized spacial score (nSPS) is 40.0. The maximum atomic E-state index is 14.2. The van der Waals surface area contributed by atoms with Crippen LogP contribution in [0.25, 0.3) is 11.3 Å². The van der Waals surface area contributed by atoms with E-state index in [1.165, 1.54) is 5.57 Å². The molecule has 0 radical (unpaired) electrons. The first-order valence-corrected chi connectivity index (χ1v) is 21.2. The third-order valence-corrected chi connectivity index (χ3v) is 17.9. The van der Waals surface area contributed by atoms with E-state index in [0.717, 1.165) is 79.8 Å². The summed E-state index contributed by atoms with van der Waals surface area (Å²) >= 11 is 0. The zero-order valence-corrected chi connectivity index (χ0v) is 34.9. The Kier molecular flexibility index (Phi) is 8.77. The van der Waals surface area contributed by atoms with E-state index in [9.17, 15) is 19.5 Å². The number of ketones is 1. The van der Waals surface area contributed by atoms with Gasteiger partial charge in [0.05, 0.1) is 36.3 Å². The topological polar surface area (TPSA) is 119 Å². The summed E-state index contributed by atoms with van der Waals surface area (Å²) in [5.41, 5.74) is 3.50. The van der Waals surface area contributed by atoms with Gasteiger partial charge in [0.2, 0.25) is 0 Å². The summed E-state index contributed by atoms with van der Waals surface area (Å²) in [5, 5.41) is 9.67. The first-order valence-electron chi connectivity index (χ1n) is 21.2. The Morgan fingerprint density at radius 3 is 2.20 bits per heavy atom. The van der Waals surface area contributed by atoms with Crippen molar-refractivity contribution in [2.24, 2.45) is 62.6 Å². The zero-order valence-electron chi connectivity index (χ0n) is 34.9. The molecule has 1 heterocycles. The molecule has 2 aromatic rings. The summed E-state index contributed by atoms with van der Waals surface area (Å²) in [4.78, 5) is 48.5. The maximum absolute atomic E-state index is 14.2. The molecule has 5 saturated carbocycles. The fourth-order valence-corrected chi connectivity index (χ4v) is 14.5. The van der Waals surface area contributed by atoms with Crippen LogP contribution in [0.15, 0.2) is 41.6 Å². The number of Topliss-reactive ketones (excluding diaryl/α,β-unsaturated/α-hetero) is 1. The Hall–Kier alpha value is -3.42. The quantitative estimate of drug-likeness (QED) is 0.270. The van der Waals surface area contributed by atoms with E-state index in [1.54, 1.807) is 7.11 Å². The second kappa shape index (κ2) is 12.5. The molecule has 10 atom stereocenters. The minimum Gasteiger partial charge on any atom is -0.497 e. The highest BCUT2D eigenvalue weighted by Crippen LogP contribution is 2.77. The van der Waals surface area contributed by atoms with Crippen molar-refractivity contribution in [2.75, 3.05) is 7.11 Å². The van der Waals surface area contributed by atoms with Crippen LogP contribution in [0.4, 0.5) is 0 Å². The van der Waals surface area contributed by atoms with E-state index in [4.69, 9.17) is 14.5 Å². The molecule has 55 heavy (non-hydrogen) atoms. The summed E-state index contributed by atoms with van der Waals surface area (Å²) in [6, 6.07) is 8.07. The summed E-state index contributed by atoms with van der Waals surface area (Å²) in [6.07, 6.45) is 10.9. The van der Waals surface area contributed by atoms with Crippen molar-refractivity contribution < 1.29 is 29.0 Å². The van der Waals surface area contributed by atoms with Gasteiger partial charge in [-0.1, -0.05) is 62.3 Å². The van der Waals surface area contributed by atoms with Gasteiger partial charge >= 0.3 is 11.9 Å². The number of aromatic amines is 1. The first-order chi connectivity index (χ1) is 25.8. The largest absolute Gasteiger partial charge is 0.497 e. The summed E-state index contributed by atoms with van der Waals surface area (Å²) in [7, 11) is 1.68. The average Bonchev–Trinajstić information content (AvgIpc) is 3.73. The SMILES string of the molecule is COc1ccc(-c2cnc([C@@]34CC[C@]5(C)[C@H](CC[C@@H]6[C@@]7(C)CC[C@H](OC(=O)[C@H]8C[C@@H](C(=O)O)C8(C)C)C(C)(C)[C@@H]7CC[C@]65C)C3=C(C(C)C)C(=O)C4)[nH]2)cc1. The molecule has 6 aliphatic carbocycles. The number of carboxylic acid groups (broad SMARTS) is 1. The number of fused-ring (bicyclic) bond motifs is 7. The van der Waals surface area contributed by atoms with Gasteiger partial charge in [-0.25, -0.2) is 4.98 Å².